The quantitative estimate of drug-likeness (QED) is 0.534. The molecule has 0 spiro atoms. The molecule has 2 aromatic carbocycles. The second-order valence-corrected chi connectivity index (χ2v) is 6.69. The van der Waals surface area contributed by atoms with Crippen molar-refractivity contribution in [2.24, 2.45) is 0 Å². The zero-order valence-electron chi connectivity index (χ0n) is 15.1. The van der Waals surface area contributed by atoms with E-state index >= 15 is 0 Å². The maximum absolute atomic E-state index is 13.0. The molecule has 8 nitrogen and oxygen atoms in total. The van der Waals surface area contributed by atoms with Crippen LogP contribution in [0.25, 0.3) is 0 Å². The van der Waals surface area contributed by atoms with Gasteiger partial charge >= 0.3 is 6.03 Å². The van der Waals surface area contributed by atoms with Gasteiger partial charge < -0.3 is 16.0 Å². The lowest BCUT2D eigenvalue weighted by atomic mass is 9.94. The molecule has 1 atom stereocenters. The summed E-state index contributed by atoms with van der Waals surface area (Å²) in [5.74, 6) is -0.418. The van der Waals surface area contributed by atoms with Crippen LogP contribution in [0.3, 0.4) is 0 Å². The van der Waals surface area contributed by atoms with E-state index in [-0.39, 0.29) is 5.69 Å². The van der Waals surface area contributed by atoms with Crippen LogP contribution in [0.2, 0.25) is 5.02 Å². The lowest BCUT2D eigenvalue weighted by molar-refractivity contribution is -0.384. The first-order valence-electron chi connectivity index (χ1n) is 8.37. The third kappa shape index (κ3) is 3.81. The fraction of sp³-hybridized carbons (Fsp3) is 0.158. The average Bonchev–Trinajstić information content (AvgIpc) is 2.64. The normalized spacial score (nSPS) is 16.2. The fourth-order valence-corrected chi connectivity index (χ4v) is 3.14. The summed E-state index contributed by atoms with van der Waals surface area (Å²) >= 11 is 6.11. The number of anilines is 1. The number of nitro benzene ring substituents is 1. The maximum atomic E-state index is 13.0. The van der Waals surface area contributed by atoms with Gasteiger partial charge in [0.25, 0.3) is 11.6 Å². The lowest BCUT2D eigenvalue weighted by Gasteiger charge is -2.28. The standard InChI is InChI=1S/C19H17ClN4O4/c1-10-14(20)4-3-5-15(10)22-18(25)16-11(2)21-19(26)23-17(16)12-6-8-13(9-7-12)24(27)28/h3-9,17H,1-2H3,(H,22,25)(H2,21,23,26). The Morgan fingerprint density at radius 3 is 2.50 bits per heavy atom. The van der Waals surface area contributed by atoms with Crippen molar-refractivity contribution in [2.75, 3.05) is 5.32 Å². The third-order valence-electron chi connectivity index (χ3n) is 4.47. The highest BCUT2D eigenvalue weighted by Gasteiger charge is 2.31. The number of urea groups is 1. The van der Waals surface area contributed by atoms with Crippen LogP contribution in [0.5, 0.6) is 0 Å². The number of non-ortho nitro benzene ring substituents is 1. The summed E-state index contributed by atoms with van der Waals surface area (Å²) in [6.45, 7) is 3.41. The van der Waals surface area contributed by atoms with Crippen LogP contribution < -0.4 is 16.0 Å². The number of nitrogens with one attached hydrogen (secondary N) is 3. The van der Waals surface area contributed by atoms with Gasteiger partial charge in [-0.2, -0.15) is 0 Å². The van der Waals surface area contributed by atoms with Gasteiger partial charge in [-0.05, 0) is 49.2 Å². The molecule has 9 heteroatoms. The molecule has 1 aliphatic heterocycles. The highest BCUT2D eigenvalue weighted by Crippen LogP contribution is 2.30. The van der Waals surface area contributed by atoms with E-state index in [2.05, 4.69) is 16.0 Å². The Morgan fingerprint density at radius 2 is 1.86 bits per heavy atom. The molecule has 3 rings (SSSR count). The van der Waals surface area contributed by atoms with Crippen molar-refractivity contribution in [3.63, 3.8) is 0 Å². The first-order valence-corrected chi connectivity index (χ1v) is 8.75. The predicted molar refractivity (Wildman–Crippen MR) is 105 cm³/mol. The van der Waals surface area contributed by atoms with Crippen molar-refractivity contribution < 1.29 is 14.5 Å². The second kappa shape index (κ2) is 7.69. The Bertz CT molecular complexity index is 1000. The van der Waals surface area contributed by atoms with Crippen LogP contribution in [0.4, 0.5) is 16.2 Å². The van der Waals surface area contributed by atoms with Crippen molar-refractivity contribution in [3.8, 4) is 0 Å². The van der Waals surface area contributed by atoms with Gasteiger partial charge in [0.1, 0.15) is 0 Å². The van der Waals surface area contributed by atoms with Crippen molar-refractivity contribution in [1.29, 1.82) is 0 Å². The molecule has 1 heterocycles. The molecular weight excluding hydrogens is 384 g/mol. The average molecular weight is 401 g/mol. The maximum Gasteiger partial charge on any atom is 0.319 e. The molecule has 0 radical (unpaired) electrons. The number of benzene rings is 2. The minimum absolute atomic E-state index is 0.0785. The van der Waals surface area contributed by atoms with Crippen molar-refractivity contribution in [1.82, 2.24) is 10.6 Å². The molecule has 28 heavy (non-hydrogen) atoms. The van der Waals surface area contributed by atoms with E-state index < -0.39 is 22.9 Å². The molecule has 3 N–H and O–H groups in total. The number of hydrogen-bond acceptors (Lipinski definition) is 4. The molecule has 0 fully saturated rings. The van der Waals surface area contributed by atoms with Crippen LogP contribution >= 0.6 is 11.6 Å². The number of nitro groups is 1. The topological polar surface area (TPSA) is 113 Å². The molecule has 1 aliphatic rings. The zero-order valence-corrected chi connectivity index (χ0v) is 15.8. The Hall–Kier alpha value is -3.39. The van der Waals surface area contributed by atoms with Gasteiger partial charge in [-0.3, -0.25) is 14.9 Å². The predicted octanol–water partition coefficient (Wildman–Crippen LogP) is 3.82. The van der Waals surface area contributed by atoms with E-state index in [1.807, 2.05) is 0 Å². The van der Waals surface area contributed by atoms with E-state index in [0.717, 1.165) is 5.56 Å². The molecule has 0 bridgehead atoms. The fourth-order valence-electron chi connectivity index (χ4n) is 2.97. The second-order valence-electron chi connectivity index (χ2n) is 6.29. The molecule has 0 aromatic heterocycles. The number of amides is 3. The van der Waals surface area contributed by atoms with Crippen molar-refractivity contribution >= 4 is 34.9 Å². The highest BCUT2D eigenvalue weighted by atomic mass is 35.5. The summed E-state index contributed by atoms with van der Waals surface area (Å²) in [5, 5.41) is 19.5. The van der Waals surface area contributed by atoms with Gasteiger partial charge in [-0.1, -0.05) is 17.7 Å². The van der Waals surface area contributed by atoms with Gasteiger partial charge in [0.15, 0.2) is 0 Å². The van der Waals surface area contributed by atoms with Crippen LogP contribution in [0, 0.1) is 17.0 Å². The van der Waals surface area contributed by atoms with E-state index in [4.69, 9.17) is 11.6 Å². The first-order chi connectivity index (χ1) is 13.3. The molecule has 0 aliphatic carbocycles. The number of allylic oxidation sites excluding steroid dienone is 1. The molecular formula is C19H17ClN4O4. The van der Waals surface area contributed by atoms with Crippen LogP contribution in [0.15, 0.2) is 53.7 Å². The molecule has 2 aromatic rings. The Balaban J connectivity index is 1.96. The summed E-state index contributed by atoms with van der Waals surface area (Å²) in [4.78, 5) is 35.3. The molecule has 0 saturated heterocycles. The number of hydrogen-bond donors (Lipinski definition) is 3. The van der Waals surface area contributed by atoms with Gasteiger partial charge in [0, 0.05) is 28.5 Å². The Kier molecular flexibility index (Phi) is 5.32. The minimum atomic E-state index is -0.756. The summed E-state index contributed by atoms with van der Waals surface area (Å²) in [5.41, 5.74) is 2.43. The Labute approximate surface area is 165 Å². The van der Waals surface area contributed by atoms with Gasteiger partial charge in [-0.15, -0.1) is 0 Å². The van der Waals surface area contributed by atoms with E-state index in [0.29, 0.717) is 27.5 Å². The Morgan fingerprint density at radius 1 is 1.18 bits per heavy atom. The smallest absolute Gasteiger partial charge is 0.319 e. The molecule has 0 saturated carbocycles. The summed E-state index contributed by atoms with van der Waals surface area (Å²) in [6.07, 6.45) is 0. The first kappa shape index (κ1) is 19.4. The van der Waals surface area contributed by atoms with Gasteiger partial charge in [0.2, 0.25) is 0 Å². The van der Waals surface area contributed by atoms with Gasteiger partial charge in [0.05, 0.1) is 16.5 Å². The number of carbonyl (C=O) groups is 2. The number of carbonyl (C=O) groups excluding carboxylic acids is 2. The third-order valence-corrected chi connectivity index (χ3v) is 4.88. The number of halogens is 1. The molecule has 144 valence electrons. The number of nitrogens with zero attached hydrogens (tertiary/aromatic N) is 1. The van der Waals surface area contributed by atoms with Crippen molar-refractivity contribution in [2.45, 2.75) is 19.9 Å². The molecule has 1 unspecified atom stereocenters. The summed E-state index contributed by atoms with van der Waals surface area (Å²) in [7, 11) is 0. The van der Waals surface area contributed by atoms with E-state index in [1.54, 1.807) is 32.0 Å². The monoisotopic (exact) mass is 400 g/mol. The SMILES string of the molecule is CC1=C(C(=O)Nc2cccc(Cl)c2C)C(c2ccc([N+](=O)[O-])cc2)NC(=O)N1. The van der Waals surface area contributed by atoms with Crippen LogP contribution in [0.1, 0.15) is 24.1 Å². The van der Waals surface area contributed by atoms with Crippen LogP contribution in [-0.2, 0) is 4.79 Å². The van der Waals surface area contributed by atoms with Crippen LogP contribution in [-0.4, -0.2) is 16.9 Å². The van der Waals surface area contributed by atoms with E-state index in [9.17, 15) is 19.7 Å². The zero-order chi connectivity index (χ0) is 20.4. The summed E-state index contributed by atoms with van der Waals surface area (Å²) in [6, 6.07) is 9.64. The largest absolute Gasteiger partial charge is 0.327 e. The lowest BCUT2D eigenvalue weighted by Crippen LogP contribution is -2.46. The van der Waals surface area contributed by atoms with Crippen molar-refractivity contribution in [3.05, 3.63) is 80.0 Å². The minimum Gasteiger partial charge on any atom is -0.327 e. The van der Waals surface area contributed by atoms with Gasteiger partial charge in [-0.25, -0.2) is 4.79 Å². The van der Waals surface area contributed by atoms with E-state index in [1.165, 1.54) is 24.3 Å². The highest BCUT2D eigenvalue weighted by molar-refractivity contribution is 6.31. The molecule has 3 amide bonds. The number of rotatable bonds is 4. The summed E-state index contributed by atoms with van der Waals surface area (Å²) < 4.78 is 0.